The van der Waals surface area contributed by atoms with E-state index in [1.807, 2.05) is 37.4 Å². The Bertz CT molecular complexity index is 1070. The molecule has 0 radical (unpaired) electrons. The molecule has 7 heteroatoms. The second-order valence-electron chi connectivity index (χ2n) is 6.38. The summed E-state index contributed by atoms with van der Waals surface area (Å²) in [5, 5.41) is 9.39. The number of pyridine rings is 1. The first-order valence-corrected chi connectivity index (χ1v) is 10.5. The molecule has 4 aromatic rings. The van der Waals surface area contributed by atoms with Crippen molar-refractivity contribution in [1.29, 1.82) is 0 Å². The summed E-state index contributed by atoms with van der Waals surface area (Å²) in [5.74, 6) is 0.829. The molecule has 142 valence electrons. The molecule has 0 aromatic carbocycles. The summed E-state index contributed by atoms with van der Waals surface area (Å²) in [6, 6.07) is 13.4. The van der Waals surface area contributed by atoms with Crippen LogP contribution in [0.2, 0.25) is 0 Å². The van der Waals surface area contributed by atoms with Crippen molar-refractivity contribution in [3.8, 4) is 0 Å². The summed E-state index contributed by atoms with van der Waals surface area (Å²) in [5.41, 5.74) is 2.14. The molecule has 1 amide bonds. The van der Waals surface area contributed by atoms with Crippen LogP contribution < -0.4 is 10.6 Å². The molecule has 5 nitrogen and oxygen atoms in total. The molecule has 0 unspecified atom stereocenters. The van der Waals surface area contributed by atoms with E-state index in [1.54, 1.807) is 41.0 Å². The van der Waals surface area contributed by atoms with E-state index in [4.69, 9.17) is 4.42 Å². The lowest BCUT2D eigenvalue weighted by atomic mass is 10.1. The Morgan fingerprint density at radius 1 is 1.18 bits per heavy atom. The monoisotopic (exact) mass is 409 g/mol. The van der Waals surface area contributed by atoms with Crippen LogP contribution in [-0.2, 0) is 0 Å². The topological polar surface area (TPSA) is 67.2 Å². The number of amides is 1. The first-order valence-electron chi connectivity index (χ1n) is 8.78. The summed E-state index contributed by atoms with van der Waals surface area (Å²) >= 11 is 3.22. The number of furan rings is 1. The maximum absolute atomic E-state index is 12.5. The van der Waals surface area contributed by atoms with Crippen molar-refractivity contribution in [2.24, 2.45) is 0 Å². The van der Waals surface area contributed by atoms with Crippen molar-refractivity contribution in [2.45, 2.75) is 19.9 Å². The highest BCUT2D eigenvalue weighted by Crippen LogP contribution is 2.39. The predicted molar refractivity (Wildman–Crippen MR) is 114 cm³/mol. The van der Waals surface area contributed by atoms with Crippen molar-refractivity contribution >= 4 is 39.4 Å². The van der Waals surface area contributed by atoms with Crippen LogP contribution in [0.15, 0.2) is 64.7 Å². The summed E-state index contributed by atoms with van der Waals surface area (Å²) < 4.78 is 5.22. The lowest BCUT2D eigenvalue weighted by Crippen LogP contribution is -2.16. The molecule has 0 aliphatic rings. The number of thiophene rings is 2. The third-order valence-corrected chi connectivity index (χ3v) is 6.12. The molecule has 0 fully saturated rings. The number of aromatic nitrogens is 1. The Labute approximate surface area is 171 Å². The Balaban J connectivity index is 1.69. The van der Waals surface area contributed by atoms with Crippen LogP contribution in [-0.4, -0.2) is 10.9 Å². The van der Waals surface area contributed by atoms with Crippen LogP contribution in [0.3, 0.4) is 0 Å². The van der Waals surface area contributed by atoms with E-state index in [9.17, 15) is 4.79 Å². The molecule has 0 spiro atoms. The minimum Gasteiger partial charge on any atom is -0.459 e. The highest BCUT2D eigenvalue weighted by Gasteiger charge is 2.23. The van der Waals surface area contributed by atoms with Gasteiger partial charge in [0.1, 0.15) is 10.8 Å². The van der Waals surface area contributed by atoms with Gasteiger partial charge in [0, 0.05) is 21.5 Å². The van der Waals surface area contributed by atoms with Crippen LogP contribution in [0.4, 0.5) is 10.8 Å². The molecule has 0 saturated carbocycles. The zero-order chi connectivity index (χ0) is 19.5. The van der Waals surface area contributed by atoms with Gasteiger partial charge in [-0.15, -0.1) is 22.7 Å². The van der Waals surface area contributed by atoms with E-state index >= 15 is 0 Å². The molecule has 1 atom stereocenters. The number of hydrogen-bond acceptors (Lipinski definition) is 6. The first kappa shape index (κ1) is 18.5. The van der Waals surface area contributed by atoms with Crippen LogP contribution in [0.5, 0.6) is 0 Å². The van der Waals surface area contributed by atoms with Gasteiger partial charge < -0.3 is 15.1 Å². The highest BCUT2D eigenvalue weighted by atomic mass is 32.1. The van der Waals surface area contributed by atoms with E-state index in [0.717, 1.165) is 31.7 Å². The molecule has 0 bridgehead atoms. The summed E-state index contributed by atoms with van der Waals surface area (Å²) in [6.45, 7) is 4.07. The molecule has 4 rings (SSSR count). The summed E-state index contributed by atoms with van der Waals surface area (Å²) in [4.78, 5) is 19.2. The molecule has 4 heterocycles. The summed E-state index contributed by atoms with van der Waals surface area (Å²) in [7, 11) is 0. The normalized spacial score (nSPS) is 11.9. The van der Waals surface area contributed by atoms with Crippen LogP contribution >= 0.6 is 22.7 Å². The molecule has 0 aliphatic heterocycles. The highest BCUT2D eigenvalue weighted by molar-refractivity contribution is 7.16. The van der Waals surface area contributed by atoms with Gasteiger partial charge in [0.15, 0.2) is 5.76 Å². The molecule has 0 aliphatic carbocycles. The van der Waals surface area contributed by atoms with Crippen molar-refractivity contribution in [3.63, 3.8) is 0 Å². The average molecular weight is 410 g/mol. The van der Waals surface area contributed by atoms with Crippen LogP contribution in [0, 0.1) is 13.8 Å². The lowest BCUT2D eigenvalue weighted by Gasteiger charge is -2.19. The van der Waals surface area contributed by atoms with Crippen molar-refractivity contribution in [2.75, 3.05) is 10.6 Å². The Morgan fingerprint density at radius 3 is 2.79 bits per heavy atom. The van der Waals surface area contributed by atoms with E-state index in [-0.39, 0.29) is 17.7 Å². The van der Waals surface area contributed by atoms with Gasteiger partial charge in [-0.1, -0.05) is 6.07 Å². The van der Waals surface area contributed by atoms with Gasteiger partial charge in [-0.2, -0.15) is 0 Å². The van der Waals surface area contributed by atoms with E-state index in [2.05, 4.69) is 27.8 Å². The van der Waals surface area contributed by atoms with Gasteiger partial charge in [0.05, 0.1) is 12.3 Å². The van der Waals surface area contributed by atoms with E-state index < -0.39 is 0 Å². The van der Waals surface area contributed by atoms with Crippen LogP contribution in [0.25, 0.3) is 0 Å². The summed E-state index contributed by atoms with van der Waals surface area (Å²) in [6.07, 6.45) is 3.29. The third kappa shape index (κ3) is 4.00. The molecule has 28 heavy (non-hydrogen) atoms. The average Bonchev–Trinajstić information content (AvgIpc) is 3.42. The second-order valence-corrected chi connectivity index (χ2v) is 8.62. The fourth-order valence-electron chi connectivity index (χ4n) is 2.94. The van der Waals surface area contributed by atoms with Crippen molar-refractivity contribution in [3.05, 3.63) is 86.9 Å². The molecule has 0 saturated heterocycles. The van der Waals surface area contributed by atoms with E-state index in [0.29, 0.717) is 0 Å². The van der Waals surface area contributed by atoms with Crippen molar-refractivity contribution in [1.82, 2.24) is 4.98 Å². The third-order valence-electron chi connectivity index (χ3n) is 4.20. The largest absolute Gasteiger partial charge is 0.459 e. The van der Waals surface area contributed by atoms with Gasteiger partial charge in [0.25, 0.3) is 5.91 Å². The Morgan fingerprint density at radius 2 is 2.07 bits per heavy atom. The maximum Gasteiger partial charge on any atom is 0.291 e. The fourth-order valence-corrected chi connectivity index (χ4v) is 4.68. The smallest absolute Gasteiger partial charge is 0.291 e. The number of nitrogens with zero attached hydrogens (tertiary/aromatic N) is 1. The van der Waals surface area contributed by atoms with Gasteiger partial charge in [-0.05, 0) is 61.2 Å². The predicted octanol–water partition coefficient (Wildman–Crippen LogP) is 5.87. The zero-order valence-electron chi connectivity index (χ0n) is 15.4. The number of rotatable bonds is 6. The quantitative estimate of drug-likeness (QED) is 0.418. The molecular weight excluding hydrogens is 390 g/mol. The SMILES string of the molecule is Cc1ccnc(N[C@H](c2cccs2)c2cc(C)sc2NC(=O)c2ccco2)c1. The Kier molecular flexibility index (Phi) is 5.27. The van der Waals surface area contributed by atoms with Crippen LogP contribution in [0.1, 0.15) is 37.5 Å². The number of nitrogens with one attached hydrogen (secondary N) is 2. The second kappa shape index (κ2) is 8.00. The standard InChI is InChI=1S/C21H19N3O2S2/c1-13-7-8-22-18(11-13)23-19(17-6-4-10-27-17)15-12-14(2)28-21(15)24-20(25)16-5-3-9-26-16/h3-12,19H,1-2H3,(H,22,23)(H,24,25)/t19-/m0/s1. The molecule has 2 N–H and O–H groups in total. The Hall–Kier alpha value is -2.90. The van der Waals surface area contributed by atoms with E-state index in [1.165, 1.54) is 6.26 Å². The minimum atomic E-state index is -0.258. The lowest BCUT2D eigenvalue weighted by molar-refractivity contribution is 0.0997. The van der Waals surface area contributed by atoms with Crippen molar-refractivity contribution < 1.29 is 9.21 Å². The van der Waals surface area contributed by atoms with Gasteiger partial charge in [0.2, 0.25) is 0 Å². The number of carbonyl (C=O) groups is 1. The number of hydrogen-bond donors (Lipinski definition) is 2. The fraction of sp³-hybridized carbons (Fsp3) is 0.143. The zero-order valence-corrected chi connectivity index (χ0v) is 17.1. The van der Waals surface area contributed by atoms with Gasteiger partial charge in [-0.25, -0.2) is 4.98 Å². The van der Waals surface area contributed by atoms with Gasteiger partial charge >= 0.3 is 0 Å². The molecular formula is C21H19N3O2S2. The number of aryl methyl sites for hydroxylation is 2. The maximum atomic E-state index is 12.5. The van der Waals surface area contributed by atoms with Gasteiger partial charge in [-0.3, -0.25) is 4.79 Å². The first-order chi connectivity index (χ1) is 13.6. The molecule has 4 aromatic heterocycles. The minimum absolute atomic E-state index is 0.119. The number of anilines is 2. The number of carbonyl (C=O) groups excluding carboxylic acids is 1.